The molecule has 2 fully saturated rings. The minimum Gasteiger partial charge on any atom is -0.481 e. The number of furan rings is 1. The van der Waals surface area contributed by atoms with Crippen LogP contribution in [0.1, 0.15) is 37.9 Å². The van der Waals surface area contributed by atoms with Gasteiger partial charge >= 0.3 is 5.97 Å². The van der Waals surface area contributed by atoms with Crippen LogP contribution in [0.5, 0.6) is 0 Å². The number of piperidine rings is 1. The number of halogens is 1. The lowest BCUT2D eigenvalue weighted by atomic mass is 9.88. The summed E-state index contributed by atoms with van der Waals surface area (Å²) in [6, 6.07) is 5.00. The van der Waals surface area contributed by atoms with Crippen LogP contribution in [0.3, 0.4) is 0 Å². The van der Waals surface area contributed by atoms with Crippen molar-refractivity contribution in [2.75, 3.05) is 0 Å². The highest BCUT2D eigenvalue weighted by Gasteiger charge is 2.41. The van der Waals surface area contributed by atoms with Crippen molar-refractivity contribution in [2.24, 2.45) is 5.92 Å². The molecule has 0 spiro atoms. The number of rotatable bonds is 4. The molecule has 0 aromatic carbocycles. The van der Waals surface area contributed by atoms with Crippen LogP contribution < -0.4 is 0 Å². The second-order valence-electron chi connectivity index (χ2n) is 5.70. The zero-order valence-corrected chi connectivity index (χ0v) is 12.3. The molecule has 1 N–H and O–H groups in total. The molecular formula is C14H18BrNO3. The molecule has 104 valence electrons. The highest BCUT2D eigenvalue weighted by Crippen LogP contribution is 2.40. The van der Waals surface area contributed by atoms with Gasteiger partial charge in [-0.25, -0.2) is 0 Å². The van der Waals surface area contributed by atoms with Gasteiger partial charge in [-0.1, -0.05) is 0 Å². The maximum atomic E-state index is 10.8. The van der Waals surface area contributed by atoms with E-state index in [-0.39, 0.29) is 0 Å². The predicted molar refractivity (Wildman–Crippen MR) is 73.7 cm³/mol. The first-order valence-corrected chi connectivity index (χ1v) is 7.63. The Hall–Kier alpha value is -0.810. The van der Waals surface area contributed by atoms with Crippen LogP contribution in [0.4, 0.5) is 0 Å². The van der Waals surface area contributed by atoms with Crippen LogP contribution in [-0.4, -0.2) is 28.1 Å². The largest absolute Gasteiger partial charge is 0.481 e. The summed E-state index contributed by atoms with van der Waals surface area (Å²) in [5.41, 5.74) is 0. The number of fused-ring (bicyclic) bond motifs is 2. The van der Waals surface area contributed by atoms with Crippen molar-refractivity contribution in [3.63, 3.8) is 0 Å². The summed E-state index contributed by atoms with van der Waals surface area (Å²) in [6.45, 7) is 0.848. The van der Waals surface area contributed by atoms with Gasteiger partial charge in [-0.3, -0.25) is 9.69 Å². The highest BCUT2D eigenvalue weighted by molar-refractivity contribution is 9.10. The average molecular weight is 328 g/mol. The summed E-state index contributed by atoms with van der Waals surface area (Å²) in [5.74, 6) is 0.683. The van der Waals surface area contributed by atoms with Crippen molar-refractivity contribution in [1.29, 1.82) is 0 Å². The zero-order chi connectivity index (χ0) is 13.4. The van der Waals surface area contributed by atoms with Gasteiger partial charge in [0.25, 0.3) is 0 Å². The molecule has 5 heteroatoms. The van der Waals surface area contributed by atoms with Gasteiger partial charge in [0.15, 0.2) is 4.67 Å². The maximum absolute atomic E-state index is 10.8. The Balaban J connectivity index is 1.64. The molecular weight excluding hydrogens is 310 g/mol. The fraction of sp³-hybridized carbons (Fsp3) is 0.643. The second-order valence-corrected chi connectivity index (χ2v) is 6.48. The Morgan fingerprint density at radius 1 is 1.37 bits per heavy atom. The minimum absolute atomic E-state index is 0.327. The van der Waals surface area contributed by atoms with Crippen molar-refractivity contribution in [2.45, 2.75) is 50.7 Å². The van der Waals surface area contributed by atoms with E-state index in [1.54, 1.807) is 0 Å². The third-order valence-electron chi connectivity index (χ3n) is 4.41. The van der Waals surface area contributed by atoms with Crippen LogP contribution in [0, 0.1) is 5.92 Å². The molecule has 4 nitrogen and oxygen atoms in total. The molecule has 2 bridgehead atoms. The molecule has 2 aliphatic heterocycles. The SMILES string of the molecule is O=C(O)CC1CC2CCC(C1)N2Cc1ccc(Br)o1. The first-order valence-electron chi connectivity index (χ1n) is 6.83. The van der Waals surface area contributed by atoms with Crippen molar-refractivity contribution >= 4 is 21.9 Å². The zero-order valence-electron chi connectivity index (χ0n) is 10.7. The number of carboxylic acid groups (broad SMARTS) is 1. The molecule has 2 unspecified atom stereocenters. The molecule has 2 atom stereocenters. The van der Waals surface area contributed by atoms with Gasteiger partial charge in [0.05, 0.1) is 6.54 Å². The van der Waals surface area contributed by atoms with Crippen LogP contribution in [0.15, 0.2) is 21.2 Å². The Bertz CT molecular complexity index is 459. The minimum atomic E-state index is -0.659. The molecule has 1 aromatic heterocycles. The lowest BCUT2D eigenvalue weighted by Gasteiger charge is -2.38. The summed E-state index contributed by atoms with van der Waals surface area (Å²) in [5, 5.41) is 8.93. The van der Waals surface area contributed by atoms with Gasteiger partial charge in [-0.15, -0.1) is 0 Å². The smallest absolute Gasteiger partial charge is 0.303 e. The Kier molecular flexibility index (Phi) is 3.67. The molecule has 2 aliphatic rings. The van der Waals surface area contributed by atoms with E-state index in [2.05, 4.69) is 20.8 Å². The molecule has 2 saturated heterocycles. The van der Waals surface area contributed by atoms with Gasteiger partial charge in [-0.05, 0) is 59.7 Å². The van der Waals surface area contributed by atoms with Crippen molar-refractivity contribution in [3.05, 3.63) is 22.6 Å². The molecule has 0 saturated carbocycles. The summed E-state index contributed by atoms with van der Waals surface area (Å²) in [4.78, 5) is 13.3. The lowest BCUT2D eigenvalue weighted by molar-refractivity contribution is -0.138. The maximum Gasteiger partial charge on any atom is 0.303 e. The van der Waals surface area contributed by atoms with E-state index in [9.17, 15) is 4.79 Å². The highest BCUT2D eigenvalue weighted by atomic mass is 79.9. The van der Waals surface area contributed by atoms with Crippen LogP contribution in [-0.2, 0) is 11.3 Å². The van der Waals surface area contributed by atoms with Gasteiger partial charge in [0.1, 0.15) is 5.76 Å². The van der Waals surface area contributed by atoms with Crippen molar-refractivity contribution in [1.82, 2.24) is 4.90 Å². The van der Waals surface area contributed by atoms with Gasteiger partial charge in [-0.2, -0.15) is 0 Å². The first kappa shape index (κ1) is 13.2. The van der Waals surface area contributed by atoms with Crippen LogP contribution in [0.25, 0.3) is 0 Å². The molecule has 3 heterocycles. The van der Waals surface area contributed by atoms with E-state index in [1.165, 1.54) is 12.8 Å². The van der Waals surface area contributed by atoms with Gasteiger partial charge < -0.3 is 9.52 Å². The Morgan fingerprint density at radius 3 is 2.58 bits per heavy atom. The standard InChI is InChI=1S/C14H18BrNO3/c15-13-4-3-12(19-13)8-16-10-1-2-11(16)6-9(5-10)7-14(17)18/h3-4,9-11H,1-2,5-8H2,(H,17,18). The number of nitrogens with zero attached hydrogens (tertiary/aromatic N) is 1. The summed E-state index contributed by atoms with van der Waals surface area (Å²) >= 11 is 3.33. The van der Waals surface area contributed by atoms with E-state index in [1.807, 2.05) is 12.1 Å². The second kappa shape index (κ2) is 5.29. The molecule has 0 radical (unpaired) electrons. The number of hydrogen-bond acceptors (Lipinski definition) is 3. The number of hydrogen-bond donors (Lipinski definition) is 1. The number of carboxylic acids is 1. The van der Waals surface area contributed by atoms with Crippen LogP contribution in [0.2, 0.25) is 0 Å². The fourth-order valence-electron chi connectivity index (χ4n) is 3.68. The monoisotopic (exact) mass is 327 g/mol. The summed E-state index contributed by atoms with van der Waals surface area (Å²) < 4.78 is 6.36. The molecule has 3 rings (SSSR count). The van der Waals surface area contributed by atoms with Crippen LogP contribution >= 0.6 is 15.9 Å². The predicted octanol–water partition coefficient (Wildman–Crippen LogP) is 3.26. The summed E-state index contributed by atoms with van der Waals surface area (Å²) in [6.07, 6.45) is 4.76. The third kappa shape index (κ3) is 2.87. The molecule has 0 aliphatic carbocycles. The summed E-state index contributed by atoms with van der Waals surface area (Å²) in [7, 11) is 0. The lowest BCUT2D eigenvalue weighted by Crippen LogP contribution is -2.42. The average Bonchev–Trinajstić information content (AvgIpc) is 2.82. The van der Waals surface area contributed by atoms with E-state index in [0.717, 1.165) is 29.8 Å². The fourth-order valence-corrected chi connectivity index (χ4v) is 4.02. The Morgan fingerprint density at radius 2 is 2.05 bits per heavy atom. The van der Waals surface area contributed by atoms with Gasteiger partial charge in [0, 0.05) is 18.5 Å². The third-order valence-corrected chi connectivity index (χ3v) is 4.84. The molecule has 1 aromatic rings. The Labute approximate surface area is 120 Å². The van der Waals surface area contributed by atoms with Crippen molar-refractivity contribution < 1.29 is 14.3 Å². The molecule has 0 amide bonds. The number of carbonyl (C=O) groups is 1. The number of aliphatic carboxylic acids is 1. The van der Waals surface area contributed by atoms with E-state index in [0.29, 0.717) is 24.4 Å². The van der Waals surface area contributed by atoms with Crippen molar-refractivity contribution in [3.8, 4) is 0 Å². The normalized spacial score (nSPS) is 30.7. The van der Waals surface area contributed by atoms with E-state index < -0.39 is 5.97 Å². The first-order chi connectivity index (χ1) is 9.11. The van der Waals surface area contributed by atoms with Gasteiger partial charge in [0.2, 0.25) is 0 Å². The molecule has 19 heavy (non-hydrogen) atoms. The topological polar surface area (TPSA) is 53.7 Å². The van der Waals surface area contributed by atoms with E-state index in [4.69, 9.17) is 9.52 Å². The quantitative estimate of drug-likeness (QED) is 0.922. The van der Waals surface area contributed by atoms with E-state index >= 15 is 0 Å².